The fourth-order valence-corrected chi connectivity index (χ4v) is 1.67. The molecule has 0 atom stereocenters. The minimum Gasteiger partial charge on any atom is -0.488 e. The zero-order valence-corrected chi connectivity index (χ0v) is 9.85. The van der Waals surface area contributed by atoms with Crippen LogP contribution in [-0.4, -0.2) is 18.1 Å². The monoisotopic (exact) mass is 206 g/mol. The molecule has 0 aromatic carbocycles. The third kappa shape index (κ3) is 1.91. The van der Waals surface area contributed by atoms with Crippen LogP contribution in [0.4, 0.5) is 5.82 Å². The summed E-state index contributed by atoms with van der Waals surface area (Å²) in [5, 5.41) is 3.28. The summed E-state index contributed by atoms with van der Waals surface area (Å²) in [6, 6.07) is 2.12. The second-order valence-electron chi connectivity index (χ2n) is 5.03. The maximum absolute atomic E-state index is 5.60. The van der Waals surface area contributed by atoms with Crippen LogP contribution in [0.5, 0.6) is 5.75 Å². The molecule has 3 nitrogen and oxygen atoms in total. The van der Waals surface area contributed by atoms with Gasteiger partial charge in [-0.05, 0) is 18.6 Å². The van der Waals surface area contributed by atoms with Gasteiger partial charge in [-0.25, -0.2) is 4.98 Å². The van der Waals surface area contributed by atoms with Gasteiger partial charge in [-0.2, -0.15) is 0 Å². The Hall–Kier alpha value is -1.25. The van der Waals surface area contributed by atoms with Crippen molar-refractivity contribution in [1.29, 1.82) is 0 Å². The van der Waals surface area contributed by atoms with Crippen molar-refractivity contribution >= 4 is 5.82 Å². The first-order valence-corrected chi connectivity index (χ1v) is 5.37. The Morgan fingerprint density at radius 1 is 1.40 bits per heavy atom. The lowest BCUT2D eigenvalue weighted by Gasteiger charge is -2.24. The summed E-state index contributed by atoms with van der Waals surface area (Å²) in [5.74, 6) is 1.81. The molecule has 82 valence electrons. The van der Waals surface area contributed by atoms with Crippen LogP contribution in [0.3, 0.4) is 0 Å². The lowest BCUT2D eigenvalue weighted by atomic mass is 9.90. The minimum absolute atomic E-state index is 0.0823. The molecule has 1 aromatic heterocycles. The normalized spacial score (nSPS) is 15.2. The van der Waals surface area contributed by atoms with Crippen LogP contribution >= 0.6 is 0 Å². The van der Waals surface area contributed by atoms with Crippen molar-refractivity contribution in [3.05, 3.63) is 17.3 Å². The number of hydrogen-bond donors (Lipinski definition) is 1. The number of aryl methyl sites for hydroxylation is 1. The SMILES string of the molecule is Cc1cc(C(C)(C)C)nc2c1OCCN2. The molecule has 15 heavy (non-hydrogen) atoms. The number of hydrogen-bond acceptors (Lipinski definition) is 3. The van der Waals surface area contributed by atoms with E-state index in [2.05, 4.69) is 44.1 Å². The van der Waals surface area contributed by atoms with Crippen molar-refractivity contribution in [3.63, 3.8) is 0 Å². The van der Waals surface area contributed by atoms with Crippen molar-refractivity contribution in [2.24, 2.45) is 0 Å². The summed E-state index contributed by atoms with van der Waals surface area (Å²) < 4.78 is 5.60. The van der Waals surface area contributed by atoms with Crippen molar-refractivity contribution in [2.75, 3.05) is 18.5 Å². The second kappa shape index (κ2) is 3.40. The Balaban J connectivity index is 2.50. The van der Waals surface area contributed by atoms with Crippen LogP contribution in [-0.2, 0) is 5.41 Å². The fraction of sp³-hybridized carbons (Fsp3) is 0.583. The Kier molecular flexibility index (Phi) is 2.33. The molecule has 0 spiro atoms. The third-order valence-electron chi connectivity index (χ3n) is 2.57. The highest BCUT2D eigenvalue weighted by molar-refractivity contribution is 5.57. The largest absolute Gasteiger partial charge is 0.488 e. The van der Waals surface area contributed by atoms with E-state index in [1.165, 1.54) is 0 Å². The number of nitrogens with one attached hydrogen (secondary N) is 1. The molecule has 1 aliphatic heterocycles. The average molecular weight is 206 g/mol. The van der Waals surface area contributed by atoms with Gasteiger partial charge in [-0.3, -0.25) is 0 Å². The van der Waals surface area contributed by atoms with E-state index in [1.54, 1.807) is 0 Å². The predicted octanol–water partition coefficient (Wildman–Crippen LogP) is 2.49. The molecule has 0 bridgehead atoms. The molecule has 2 heterocycles. The van der Waals surface area contributed by atoms with E-state index in [1.807, 2.05) is 0 Å². The van der Waals surface area contributed by atoms with Gasteiger partial charge in [0.05, 0.1) is 6.54 Å². The summed E-state index contributed by atoms with van der Waals surface area (Å²) in [4.78, 5) is 4.61. The summed E-state index contributed by atoms with van der Waals surface area (Å²) in [5.41, 5.74) is 2.35. The van der Waals surface area contributed by atoms with Crippen molar-refractivity contribution in [3.8, 4) is 5.75 Å². The molecule has 0 radical (unpaired) electrons. The quantitative estimate of drug-likeness (QED) is 0.708. The molecule has 0 saturated heterocycles. The van der Waals surface area contributed by atoms with Gasteiger partial charge < -0.3 is 10.1 Å². The van der Waals surface area contributed by atoms with E-state index < -0.39 is 0 Å². The van der Waals surface area contributed by atoms with E-state index in [9.17, 15) is 0 Å². The van der Waals surface area contributed by atoms with E-state index in [0.717, 1.165) is 36.0 Å². The third-order valence-corrected chi connectivity index (χ3v) is 2.57. The highest BCUT2D eigenvalue weighted by Crippen LogP contribution is 2.33. The number of pyridine rings is 1. The molecular formula is C12H18N2O. The van der Waals surface area contributed by atoms with E-state index >= 15 is 0 Å². The number of fused-ring (bicyclic) bond motifs is 1. The lowest BCUT2D eigenvalue weighted by molar-refractivity contribution is 0.318. The minimum atomic E-state index is 0.0823. The van der Waals surface area contributed by atoms with Crippen molar-refractivity contribution < 1.29 is 4.74 Å². The molecule has 0 saturated carbocycles. The zero-order chi connectivity index (χ0) is 11.1. The smallest absolute Gasteiger partial charge is 0.169 e. The van der Waals surface area contributed by atoms with Gasteiger partial charge in [-0.15, -0.1) is 0 Å². The number of anilines is 1. The van der Waals surface area contributed by atoms with Gasteiger partial charge in [0.1, 0.15) is 6.61 Å². The Labute approximate surface area is 90.9 Å². The van der Waals surface area contributed by atoms with E-state index in [-0.39, 0.29) is 5.41 Å². The molecule has 0 fully saturated rings. The summed E-state index contributed by atoms with van der Waals surface area (Å²) in [7, 11) is 0. The number of ether oxygens (including phenoxy) is 1. The van der Waals surface area contributed by atoms with Gasteiger partial charge in [0, 0.05) is 11.1 Å². The molecule has 0 aliphatic carbocycles. The van der Waals surface area contributed by atoms with Crippen LogP contribution in [0.2, 0.25) is 0 Å². The number of aromatic nitrogens is 1. The van der Waals surface area contributed by atoms with Crippen molar-refractivity contribution in [2.45, 2.75) is 33.1 Å². The molecule has 2 rings (SSSR count). The van der Waals surface area contributed by atoms with Crippen LogP contribution in [0.25, 0.3) is 0 Å². The van der Waals surface area contributed by atoms with Crippen molar-refractivity contribution in [1.82, 2.24) is 4.98 Å². The van der Waals surface area contributed by atoms with Crippen LogP contribution in [0, 0.1) is 6.92 Å². The Morgan fingerprint density at radius 3 is 2.80 bits per heavy atom. The van der Waals surface area contributed by atoms with Gasteiger partial charge in [0.15, 0.2) is 11.6 Å². The molecular weight excluding hydrogens is 188 g/mol. The highest BCUT2D eigenvalue weighted by atomic mass is 16.5. The van der Waals surface area contributed by atoms with Gasteiger partial charge >= 0.3 is 0 Å². The standard InChI is InChI=1S/C12H18N2O/c1-8-7-9(12(2,3)4)14-11-10(8)15-6-5-13-11/h7H,5-6H2,1-4H3,(H,13,14). The molecule has 1 aromatic rings. The summed E-state index contributed by atoms with van der Waals surface area (Å²) in [6.45, 7) is 10.2. The Morgan fingerprint density at radius 2 is 2.13 bits per heavy atom. The van der Waals surface area contributed by atoms with Crippen LogP contribution in [0.1, 0.15) is 32.0 Å². The summed E-state index contributed by atoms with van der Waals surface area (Å²) >= 11 is 0. The molecule has 0 unspecified atom stereocenters. The lowest BCUT2D eigenvalue weighted by Crippen LogP contribution is -2.22. The molecule has 1 N–H and O–H groups in total. The van der Waals surface area contributed by atoms with E-state index in [4.69, 9.17) is 4.74 Å². The second-order valence-corrected chi connectivity index (χ2v) is 5.03. The fourth-order valence-electron chi connectivity index (χ4n) is 1.67. The zero-order valence-electron chi connectivity index (χ0n) is 9.85. The van der Waals surface area contributed by atoms with Gasteiger partial charge in [-0.1, -0.05) is 20.8 Å². The van der Waals surface area contributed by atoms with Crippen LogP contribution in [0.15, 0.2) is 6.07 Å². The molecule has 3 heteroatoms. The van der Waals surface area contributed by atoms with Gasteiger partial charge in [0.2, 0.25) is 0 Å². The summed E-state index contributed by atoms with van der Waals surface area (Å²) in [6.07, 6.45) is 0. The maximum Gasteiger partial charge on any atom is 0.169 e. The van der Waals surface area contributed by atoms with E-state index in [0.29, 0.717) is 0 Å². The van der Waals surface area contributed by atoms with Crippen LogP contribution < -0.4 is 10.1 Å². The molecule has 1 aliphatic rings. The predicted molar refractivity (Wildman–Crippen MR) is 61.7 cm³/mol. The first-order valence-electron chi connectivity index (χ1n) is 5.37. The number of rotatable bonds is 0. The first-order chi connectivity index (χ1) is 6.98. The number of nitrogens with zero attached hydrogens (tertiary/aromatic N) is 1. The average Bonchev–Trinajstić information content (AvgIpc) is 2.16. The first kappa shape index (κ1) is 10.3. The molecule has 0 amide bonds. The topological polar surface area (TPSA) is 34.1 Å². The maximum atomic E-state index is 5.60. The highest BCUT2D eigenvalue weighted by Gasteiger charge is 2.21. The van der Waals surface area contributed by atoms with Gasteiger partial charge in [0.25, 0.3) is 0 Å². The Bertz CT molecular complexity index is 380.